The molecule has 0 radical (unpaired) electrons. The number of carbonyl (C=O) groups is 2. The van der Waals surface area contributed by atoms with Crippen LogP contribution in [0.3, 0.4) is 0 Å². The number of fused-ring (bicyclic) bond motifs is 1. The summed E-state index contributed by atoms with van der Waals surface area (Å²) in [5.74, 6) is -0.539. The summed E-state index contributed by atoms with van der Waals surface area (Å²) in [4.78, 5) is 32.4. The van der Waals surface area contributed by atoms with E-state index in [1.807, 2.05) is 55.0 Å². The van der Waals surface area contributed by atoms with Crippen molar-refractivity contribution in [3.8, 4) is 5.75 Å². The van der Waals surface area contributed by atoms with Crippen LogP contribution in [0.4, 0.5) is 11.4 Å². The van der Waals surface area contributed by atoms with Crippen molar-refractivity contribution < 1.29 is 23.8 Å². The minimum atomic E-state index is -0.799. The zero-order valence-corrected chi connectivity index (χ0v) is 33.7. The first-order chi connectivity index (χ1) is 25.2. The molecule has 0 fully saturated rings. The number of hydrogen-bond donors (Lipinski definition) is 2. The first kappa shape index (κ1) is 41.2. The number of nitrogens with zero attached hydrogens (tertiary/aromatic N) is 2. The standard InChI is InChI=1S/C43H63N3O5S/c1-8-11-12-13-14-15-16-17-18-19-20-21-22-24-32-25-23-26-35(49-7)37(32)38-36(41(47)50-9-2)31(5)45(6)40(39(38)42(48)51-10-3)46-34-29-30(4)27-28-33(34)44-43(46)52/h23,25-29,38,43-44,52H,8-22,24H2,1-7H3. The molecule has 9 heteroatoms. The van der Waals surface area contributed by atoms with Crippen molar-refractivity contribution in [2.24, 2.45) is 0 Å². The maximum Gasteiger partial charge on any atom is 0.338 e. The number of carbonyl (C=O) groups excluding carboxylic acids is 2. The summed E-state index contributed by atoms with van der Waals surface area (Å²) < 4.78 is 17.6. The van der Waals surface area contributed by atoms with Crippen LogP contribution in [-0.4, -0.2) is 49.7 Å². The summed E-state index contributed by atoms with van der Waals surface area (Å²) in [6.45, 7) is 10.2. The number of allylic oxidation sites excluding steroid dienone is 1. The quantitative estimate of drug-likeness (QED) is 0.0746. The summed E-state index contributed by atoms with van der Waals surface area (Å²) in [6, 6.07) is 12.2. The first-order valence-electron chi connectivity index (χ1n) is 19.7. The number of thiol groups is 1. The van der Waals surface area contributed by atoms with E-state index in [2.05, 4.69) is 24.4 Å². The van der Waals surface area contributed by atoms with Crippen LogP contribution in [0.15, 0.2) is 59.1 Å². The second-order valence-corrected chi connectivity index (χ2v) is 14.6. The maximum atomic E-state index is 14.4. The highest BCUT2D eigenvalue weighted by Gasteiger charge is 2.46. The summed E-state index contributed by atoms with van der Waals surface area (Å²) in [5, 5.41) is 3.45. The van der Waals surface area contributed by atoms with Crippen molar-refractivity contribution in [2.75, 3.05) is 37.6 Å². The van der Waals surface area contributed by atoms with Crippen LogP contribution in [0, 0.1) is 6.92 Å². The Morgan fingerprint density at radius 1 is 0.788 bits per heavy atom. The van der Waals surface area contributed by atoms with E-state index in [0.29, 0.717) is 28.4 Å². The van der Waals surface area contributed by atoms with Gasteiger partial charge in [-0.1, -0.05) is 102 Å². The predicted molar refractivity (Wildman–Crippen MR) is 216 cm³/mol. The molecule has 2 aromatic rings. The Morgan fingerprint density at radius 3 is 1.94 bits per heavy atom. The van der Waals surface area contributed by atoms with Crippen molar-refractivity contribution in [3.63, 3.8) is 0 Å². The highest BCUT2D eigenvalue weighted by atomic mass is 32.1. The molecule has 0 bridgehead atoms. The number of anilines is 2. The molecule has 0 aromatic heterocycles. The Labute approximate surface area is 318 Å². The van der Waals surface area contributed by atoms with E-state index in [9.17, 15) is 9.59 Å². The fourth-order valence-electron chi connectivity index (χ4n) is 7.65. The van der Waals surface area contributed by atoms with Gasteiger partial charge in [0.1, 0.15) is 11.6 Å². The molecule has 4 rings (SSSR count). The smallest absolute Gasteiger partial charge is 0.338 e. The van der Waals surface area contributed by atoms with Gasteiger partial charge in [0.25, 0.3) is 0 Å². The van der Waals surface area contributed by atoms with Crippen LogP contribution < -0.4 is 15.0 Å². The van der Waals surface area contributed by atoms with Crippen LogP contribution >= 0.6 is 12.6 Å². The monoisotopic (exact) mass is 733 g/mol. The number of hydrogen-bond acceptors (Lipinski definition) is 9. The Hall–Kier alpha value is -3.59. The summed E-state index contributed by atoms with van der Waals surface area (Å²) in [6.07, 6.45) is 17.5. The molecule has 2 aliphatic heterocycles. The van der Waals surface area contributed by atoms with Crippen molar-refractivity contribution >= 4 is 35.9 Å². The lowest BCUT2D eigenvalue weighted by Gasteiger charge is -2.42. The van der Waals surface area contributed by atoms with Gasteiger partial charge in [-0.2, -0.15) is 0 Å². The molecule has 8 nitrogen and oxygen atoms in total. The molecule has 2 heterocycles. The van der Waals surface area contributed by atoms with Gasteiger partial charge in [-0.15, -0.1) is 12.6 Å². The Morgan fingerprint density at radius 2 is 1.37 bits per heavy atom. The summed E-state index contributed by atoms with van der Waals surface area (Å²) in [7, 11) is 3.52. The minimum absolute atomic E-state index is 0.180. The van der Waals surface area contributed by atoms with E-state index >= 15 is 0 Å². The van der Waals surface area contributed by atoms with Gasteiger partial charge in [-0.05, 0) is 69.9 Å². The number of ether oxygens (including phenoxy) is 3. The SMILES string of the molecule is CCCCCCCCCCCCCCCc1cccc(OC)c1C1C(C(=O)OCC)=C(C)N(C)C(N2c3cc(C)ccc3NC2S)=C1C(=O)OCC. The minimum Gasteiger partial charge on any atom is -0.496 e. The fraction of sp³-hybridized carbons (Fsp3) is 0.581. The molecule has 286 valence electrons. The number of esters is 2. The van der Waals surface area contributed by atoms with E-state index in [-0.39, 0.29) is 13.2 Å². The van der Waals surface area contributed by atoms with Crippen molar-refractivity contribution in [1.82, 2.24) is 4.90 Å². The third-order valence-electron chi connectivity index (χ3n) is 10.4. The normalized spacial score (nSPS) is 17.0. The molecule has 2 aliphatic rings. The number of rotatable bonds is 21. The zero-order valence-electron chi connectivity index (χ0n) is 32.8. The van der Waals surface area contributed by atoms with Gasteiger partial charge in [-0.25, -0.2) is 9.59 Å². The van der Waals surface area contributed by atoms with Crippen molar-refractivity contribution in [1.29, 1.82) is 0 Å². The lowest BCUT2D eigenvalue weighted by atomic mass is 9.77. The Balaban J connectivity index is 1.69. The van der Waals surface area contributed by atoms with Crippen molar-refractivity contribution in [3.05, 3.63) is 75.8 Å². The van der Waals surface area contributed by atoms with Gasteiger partial charge >= 0.3 is 11.9 Å². The van der Waals surface area contributed by atoms with E-state index < -0.39 is 23.4 Å². The molecule has 0 aliphatic carbocycles. The summed E-state index contributed by atoms with van der Waals surface area (Å²) >= 11 is 4.96. The van der Waals surface area contributed by atoms with Crippen LogP contribution in [-0.2, 0) is 25.5 Å². The Bertz CT molecular complexity index is 1570. The highest BCUT2D eigenvalue weighted by Crippen LogP contribution is 2.50. The summed E-state index contributed by atoms with van der Waals surface area (Å²) in [5.41, 5.74) is 5.68. The van der Waals surface area contributed by atoms with E-state index in [1.54, 1.807) is 21.0 Å². The van der Waals surface area contributed by atoms with Gasteiger partial charge in [0.15, 0.2) is 5.50 Å². The maximum absolute atomic E-state index is 14.4. The highest BCUT2D eigenvalue weighted by molar-refractivity contribution is 7.81. The van der Waals surface area contributed by atoms with Gasteiger partial charge in [0.2, 0.25) is 0 Å². The molecule has 2 unspecified atom stereocenters. The second-order valence-electron chi connectivity index (χ2n) is 14.1. The molecule has 52 heavy (non-hydrogen) atoms. The van der Waals surface area contributed by atoms with Crippen molar-refractivity contribution in [2.45, 2.75) is 136 Å². The molecule has 1 N–H and O–H groups in total. The molecule has 0 spiro atoms. The van der Waals surface area contributed by atoms with Gasteiger partial charge in [0.05, 0.1) is 48.8 Å². The molecule has 0 saturated carbocycles. The van der Waals surface area contributed by atoms with Gasteiger partial charge in [0, 0.05) is 18.3 Å². The third kappa shape index (κ3) is 9.88. The average Bonchev–Trinajstić information content (AvgIpc) is 3.45. The number of aryl methyl sites for hydroxylation is 2. The first-order valence-corrected chi connectivity index (χ1v) is 20.2. The zero-order chi connectivity index (χ0) is 37.6. The molecule has 2 atom stereocenters. The molecule has 2 aromatic carbocycles. The van der Waals surface area contributed by atoms with Gasteiger partial charge in [-0.3, -0.25) is 4.90 Å². The topological polar surface area (TPSA) is 80.3 Å². The van der Waals surface area contributed by atoms with Crippen LogP contribution in [0.5, 0.6) is 5.75 Å². The molecule has 0 amide bonds. The molecule has 0 saturated heterocycles. The predicted octanol–water partition coefficient (Wildman–Crippen LogP) is 10.4. The van der Waals surface area contributed by atoms with Crippen LogP contribution in [0.25, 0.3) is 0 Å². The third-order valence-corrected chi connectivity index (χ3v) is 10.8. The Kier molecular flexibility index (Phi) is 16.3. The second kappa shape index (κ2) is 20.6. The average molecular weight is 734 g/mol. The lowest BCUT2D eigenvalue weighted by Crippen LogP contribution is -2.44. The largest absolute Gasteiger partial charge is 0.496 e. The van der Waals surface area contributed by atoms with E-state index in [0.717, 1.165) is 47.3 Å². The van der Waals surface area contributed by atoms with E-state index in [4.69, 9.17) is 26.8 Å². The molecular formula is C43H63N3O5S. The fourth-order valence-corrected chi connectivity index (χ4v) is 8.02. The number of benzene rings is 2. The number of nitrogens with one attached hydrogen (secondary N) is 1. The van der Waals surface area contributed by atoms with Gasteiger partial charge < -0.3 is 24.4 Å². The molecular weight excluding hydrogens is 671 g/mol. The van der Waals surface area contributed by atoms with E-state index in [1.165, 1.54) is 70.6 Å². The number of methoxy groups -OCH3 is 1. The lowest BCUT2D eigenvalue weighted by molar-refractivity contribution is -0.139. The van der Waals surface area contributed by atoms with Crippen LogP contribution in [0.1, 0.15) is 134 Å². The van der Waals surface area contributed by atoms with Crippen LogP contribution in [0.2, 0.25) is 0 Å². The number of unbranched alkanes of at least 4 members (excludes halogenated alkanes) is 12.